The fourth-order valence-corrected chi connectivity index (χ4v) is 3.01. The number of urea groups is 1. The van der Waals surface area contributed by atoms with Crippen LogP contribution in [0.1, 0.15) is 12.5 Å². The molecule has 124 valence electrons. The molecule has 0 bridgehead atoms. The molecule has 1 aliphatic heterocycles. The van der Waals surface area contributed by atoms with Gasteiger partial charge < -0.3 is 5.32 Å². The average Bonchev–Trinajstić information content (AvgIpc) is 3.19. The molecule has 3 rings (SSSR count). The maximum Gasteiger partial charge on any atom is 0.325 e. The normalized spacial score (nSPS) is 20.2. The monoisotopic (exact) mass is 345 g/mol. The molecule has 1 unspecified atom stereocenters. The second-order valence-corrected chi connectivity index (χ2v) is 6.30. The third kappa shape index (κ3) is 2.62. The summed E-state index contributed by atoms with van der Waals surface area (Å²) in [6.45, 7) is 1.27. The number of nitrogens with one attached hydrogen (secondary N) is 1. The first-order chi connectivity index (χ1) is 11.4. The molecule has 0 spiro atoms. The van der Waals surface area contributed by atoms with Crippen molar-refractivity contribution in [1.82, 2.24) is 20.4 Å². The minimum atomic E-state index is -1.18. The summed E-state index contributed by atoms with van der Waals surface area (Å²) in [4.78, 5) is 39.5. The van der Waals surface area contributed by atoms with E-state index in [0.717, 1.165) is 4.90 Å². The van der Waals surface area contributed by atoms with Crippen molar-refractivity contribution in [1.29, 1.82) is 0 Å². The number of imide groups is 1. The van der Waals surface area contributed by atoms with Gasteiger partial charge >= 0.3 is 6.03 Å². The third-order valence-corrected chi connectivity index (χ3v) is 4.70. The summed E-state index contributed by atoms with van der Waals surface area (Å²) in [5.74, 6) is -0.884. The Balaban J connectivity index is 1.79. The lowest BCUT2D eigenvalue weighted by atomic mass is 9.92. The highest BCUT2D eigenvalue weighted by atomic mass is 32.1. The number of hydrogen-bond donors (Lipinski definition) is 1. The van der Waals surface area contributed by atoms with Gasteiger partial charge in [-0.05, 0) is 12.5 Å². The third-order valence-electron chi connectivity index (χ3n) is 3.93. The van der Waals surface area contributed by atoms with Crippen LogP contribution in [0.2, 0.25) is 0 Å². The molecule has 2 heterocycles. The van der Waals surface area contributed by atoms with E-state index in [0.29, 0.717) is 10.7 Å². The highest BCUT2D eigenvalue weighted by molar-refractivity contribution is 7.13. The molecule has 9 heteroatoms. The lowest BCUT2D eigenvalue weighted by molar-refractivity contribution is -0.134. The molecule has 24 heavy (non-hydrogen) atoms. The highest BCUT2D eigenvalue weighted by Crippen LogP contribution is 2.28. The number of likely N-dealkylation sites (N-methyl/N-ethyl adjacent to an activating group) is 1. The van der Waals surface area contributed by atoms with E-state index in [1.54, 1.807) is 31.2 Å². The van der Waals surface area contributed by atoms with Crippen LogP contribution in [0.3, 0.4) is 0 Å². The van der Waals surface area contributed by atoms with Crippen molar-refractivity contribution in [3.8, 4) is 0 Å². The molecule has 1 saturated heterocycles. The summed E-state index contributed by atoms with van der Waals surface area (Å²) in [5, 5.41) is 10.5. The summed E-state index contributed by atoms with van der Waals surface area (Å²) >= 11 is 1.19. The molecule has 0 aliphatic carbocycles. The second-order valence-electron chi connectivity index (χ2n) is 5.49. The number of anilines is 1. The number of nitrogens with zero attached hydrogens (tertiary/aromatic N) is 4. The molecular formula is C15H15N5O3S. The van der Waals surface area contributed by atoms with E-state index in [9.17, 15) is 14.4 Å². The molecular weight excluding hydrogens is 330 g/mol. The number of carbonyl (C=O) groups is 3. The Hall–Kier alpha value is -2.81. The van der Waals surface area contributed by atoms with Crippen LogP contribution in [0.4, 0.5) is 9.93 Å². The van der Waals surface area contributed by atoms with Gasteiger partial charge in [0.2, 0.25) is 11.0 Å². The van der Waals surface area contributed by atoms with Crippen molar-refractivity contribution >= 4 is 34.3 Å². The number of aromatic nitrogens is 2. The van der Waals surface area contributed by atoms with Gasteiger partial charge in [0, 0.05) is 7.05 Å². The summed E-state index contributed by atoms with van der Waals surface area (Å²) in [6, 6.07) is 8.33. The van der Waals surface area contributed by atoms with Gasteiger partial charge in [-0.1, -0.05) is 41.7 Å². The molecule has 0 radical (unpaired) electrons. The molecule has 4 amide bonds. The molecule has 8 nitrogen and oxygen atoms in total. The smallest absolute Gasteiger partial charge is 0.319 e. The lowest BCUT2D eigenvalue weighted by Gasteiger charge is -2.22. The Bertz CT molecular complexity index is 780. The Morgan fingerprint density at radius 2 is 2.04 bits per heavy atom. The molecule has 1 fully saturated rings. The number of hydrogen-bond acceptors (Lipinski definition) is 6. The van der Waals surface area contributed by atoms with E-state index >= 15 is 0 Å². The average molecular weight is 345 g/mol. The number of amides is 4. The largest absolute Gasteiger partial charge is 0.325 e. The zero-order valence-corrected chi connectivity index (χ0v) is 13.9. The summed E-state index contributed by atoms with van der Waals surface area (Å²) in [6.07, 6.45) is 0. The molecule has 1 aliphatic rings. The van der Waals surface area contributed by atoms with Gasteiger partial charge in [-0.25, -0.2) is 4.79 Å². The number of carbonyl (C=O) groups excluding carboxylic acids is 3. The van der Waals surface area contributed by atoms with Crippen LogP contribution in [0.25, 0.3) is 0 Å². The van der Waals surface area contributed by atoms with E-state index in [2.05, 4.69) is 15.5 Å². The summed E-state index contributed by atoms with van der Waals surface area (Å²) < 4.78 is 0. The van der Waals surface area contributed by atoms with Gasteiger partial charge in [0.1, 0.15) is 17.6 Å². The quantitative estimate of drug-likeness (QED) is 0.833. The highest BCUT2D eigenvalue weighted by Gasteiger charge is 2.49. The maximum absolute atomic E-state index is 12.7. The van der Waals surface area contributed by atoms with Crippen molar-refractivity contribution < 1.29 is 14.4 Å². The van der Waals surface area contributed by atoms with Gasteiger partial charge in [-0.3, -0.25) is 19.4 Å². The minimum Gasteiger partial charge on any atom is -0.319 e. The van der Waals surface area contributed by atoms with E-state index in [1.165, 1.54) is 28.8 Å². The molecule has 0 saturated carbocycles. The van der Waals surface area contributed by atoms with Crippen LogP contribution in [-0.4, -0.2) is 46.5 Å². The standard InChI is InChI=1S/C15H15N5O3S/c1-15(10-6-4-3-5-7-10)12(22)20(13(23)17-15)8-11(21)19(2)14-18-16-9-24-14/h3-7,9H,8H2,1-2H3,(H,17,23). The molecule has 1 atom stereocenters. The fraction of sp³-hybridized carbons (Fsp3) is 0.267. The first-order valence-corrected chi connectivity index (χ1v) is 8.04. The molecule has 2 aromatic rings. The molecule has 1 N–H and O–H groups in total. The van der Waals surface area contributed by atoms with E-state index in [1.807, 2.05) is 6.07 Å². The van der Waals surface area contributed by atoms with Crippen molar-refractivity contribution in [3.05, 3.63) is 41.4 Å². The van der Waals surface area contributed by atoms with Crippen LogP contribution < -0.4 is 10.2 Å². The topological polar surface area (TPSA) is 95.5 Å². The van der Waals surface area contributed by atoms with Crippen LogP contribution in [0.15, 0.2) is 35.8 Å². The van der Waals surface area contributed by atoms with Gasteiger partial charge in [0.05, 0.1) is 0 Å². The Kier molecular flexibility index (Phi) is 4.02. The molecule has 1 aromatic carbocycles. The number of benzene rings is 1. The van der Waals surface area contributed by atoms with Crippen LogP contribution in [-0.2, 0) is 15.1 Å². The van der Waals surface area contributed by atoms with Gasteiger partial charge in [-0.15, -0.1) is 10.2 Å². The predicted molar refractivity (Wildman–Crippen MR) is 87.4 cm³/mol. The maximum atomic E-state index is 12.7. The summed E-state index contributed by atoms with van der Waals surface area (Å²) in [5.41, 5.74) is 0.981. The van der Waals surface area contributed by atoms with E-state index in [-0.39, 0.29) is 6.54 Å². The summed E-state index contributed by atoms with van der Waals surface area (Å²) in [7, 11) is 1.53. The Labute approximate surface area is 142 Å². The van der Waals surface area contributed by atoms with Crippen LogP contribution >= 0.6 is 11.3 Å². The second kappa shape index (κ2) is 6.00. The first-order valence-electron chi connectivity index (χ1n) is 7.16. The van der Waals surface area contributed by atoms with E-state index in [4.69, 9.17) is 0 Å². The SMILES string of the molecule is CN(C(=O)CN1C(=O)NC(C)(c2ccccc2)C1=O)c1nncs1. The van der Waals surface area contributed by atoms with Crippen molar-refractivity contribution in [3.63, 3.8) is 0 Å². The fourth-order valence-electron chi connectivity index (χ4n) is 2.47. The van der Waals surface area contributed by atoms with Gasteiger partial charge in [0.25, 0.3) is 5.91 Å². The van der Waals surface area contributed by atoms with Gasteiger partial charge in [-0.2, -0.15) is 0 Å². The number of rotatable bonds is 4. The van der Waals surface area contributed by atoms with Crippen LogP contribution in [0, 0.1) is 0 Å². The van der Waals surface area contributed by atoms with Crippen molar-refractivity contribution in [2.24, 2.45) is 0 Å². The van der Waals surface area contributed by atoms with Crippen molar-refractivity contribution in [2.45, 2.75) is 12.5 Å². The van der Waals surface area contributed by atoms with E-state index < -0.39 is 23.4 Å². The lowest BCUT2D eigenvalue weighted by Crippen LogP contribution is -2.43. The predicted octanol–water partition coefficient (Wildman–Crippen LogP) is 0.968. The molecule has 1 aromatic heterocycles. The van der Waals surface area contributed by atoms with Gasteiger partial charge in [0.15, 0.2) is 0 Å². The zero-order valence-electron chi connectivity index (χ0n) is 13.1. The van der Waals surface area contributed by atoms with Crippen molar-refractivity contribution in [2.75, 3.05) is 18.5 Å². The first kappa shape index (κ1) is 16.1. The van der Waals surface area contributed by atoms with Crippen LogP contribution in [0.5, 0.6) is 0 Å². The zero-order chi connectivity index (χ0) is 17.3. The Morgan fingerprint density at radius 1 is 1.33 bits per heavy atom. The minimum absolute atomic E-state index is 0.358. The Morgan fingerprint density at radius 3 is 2.67 bits per heavy atom.